The molecule has 1 aromatic carbocycles. The van der Waals surface area contributed by atoms with Crippen LogP contribution in [0.3, 0.4) is 0 Å². The Morgan fingerprint density at radius 2 is 2.13 bits per heavy atom. The SMILES string of the molecule is NCCS(=O)(=O)Nc1ccc(Br)cc1F. The Bertz CT molecular complexity index is 450. The summed E-state index contributed by atoms with van der Waals surface area (Å²) in [5.74, 6) is -0.868. The zero-order valence-corrected chi connectivity index (χ0v) is 10.1. The molecule has 1 rings (SSSR count). The maximum Gasteiger partial charge on any atom is 0.234 e. The Labute approximate surface area is 95.8 Å². The molecule has 0 unspecified atom stereocenters. The molecule has 0 radical (unpaired) electrons. The Balaban J connectivity index is 2.90. The highest BCUT2D eigenvalue weighted by Crippen LogP contribution is 2.20. The Kier molecular flexibility index (Phi) is 4.06. The van der Waals surface area contributed by atoms with E-state index in [1.807, 2.05) is 0 Å². The zero-order chi connectivity index (χ0) is 11.5. The van der Waals surface area contributed by atoms with Crippen LogP contribution in [-0.4, -0.2) is 20.7 Å². The second-order valence-corrected chi connectivity index (χ2v) is 5.59. The van der Waals surface area contributed by atoms with Gasteiger partial charge in [-0.25, -0.2) is 12.8 Å². The summed E-state index contributed by atoms with van der Waals surface area (Å²) >= 11 is 3.07. The third kappa shape index (κ3) is 3.77. The van der Waals surface area contributed by atoms with Crippen molar-refractivity contribution in [2.24, 2.45) is 5.73 Å². The van der Waals surface area contributed by atoms with E-state index in [4.69, 9.17) is 5.73 Å². The fourth-order valence-corrected chi connectivity index (χ4v) is 2.19. The first-order chi connectivity index (χ1) is 6.94. The molecular formula is C8H10BrFN2O2S. The number of halogens is 2. The maximum absolute atomic E-state index is 13.2. The number of nitrogens with one attached hydrogen (secondary N) is 1. The minimum Gasteiger partial charge on any atom is -0.329 e. The Hall–Kier alpha value is -0.660. The van der Waals surface area contributed by atoms with Crippen LogP contribution < -0.4 is 10.5 Å². The van der Waals surface area contributed by atoms with Crippen molar-refractivity contribution in [1.29, 1.82) is 0 Å². The lowest BCUT2D eigenvalue weighted by Crippen LogP contribution is -2.22. The highest BCUT2D eigenvalue weighted by atomic mass is 79.9. The first kappa shape index (κ1) is 12.4. The number of hydrogen-bond acceptors (Lipinski definition) is 3. The standard InChI is InChI=1S/C8H10BrFN2O2S/c9-6-1-2-8(7(10)5-6)12-15(13,14)4-3-11/h1-2,5,12H,3-4,11H2. The number of hydrogen-bond donors (Lipinski definition) is 2. The molecule has 0 aliphatic carbocycles. The van der Waals surface area contributed by atoms with Crippen LogP contribution >= 0.6 is 15.9 Å². The molecule has 7 heteroatoms. The average molecular weight is 297 g/mol. The average Bonchev–Trinajstić information content (AvgIpc) is 2.09. The molecule has 0 aromatic heterocycles. The molecule has 0 heterocycles. The fraction of sp³-hybridized carbons (Fsp3) is 0.250. The second-order valence-electron chi connectivity index (χ2n) is 2.83. The molecule has 1 aromatic rings. The topological polar surface area (TPSA) is 72.2 Å². The first-order valence-electron chi connectivity index (χ1n) is 4.10. The molecule has 15 heavy (non-hydrogen) atoms. The number of rotatable bonds is 4. The molecule has 0 saturated carbocycles. The van der Waals surface area contributed by atoms with Gasteiger partial charge in [0.15, 0.2) is 0 Å². The van der Waals surface area contributed by atoms with Crippen LogP contribution in [0.2, 0.25) is 0 Å². The van der Waals surface area contributed by atoms with Crippen LogP contribution in [0.15, 0.2) is 22.7 Å². The monoisotopic (exact) mass is 296 g/mol. The van der Waals surface area contributed by atoms with Crippen molar-refractivity contribution in [2.45, 2.75) is 0 Å². The van der Waals surface area contributed by atoms with E-state index < -0.39 is 15.8 Å². The van der Waals surface area contributed by atoms with Gasteiger partial charge in [-0.1, -0.05) is 15.9 Å². The van der Waals surface area contributed by atoms with Gasteiger partial charge in [-0.3, -0.25) is 4.72 Å². The van der Waals surface area contributed by atoms with Gasteiger partial charge >= 0.3 is 0 Å². The van der Waals surface area contributed by atoms with E-state index in [-0.39, 0.29) is 18.0 Å². The third-order valence-corrected chi connectivity index (χ3v) is 3.38. The highest BCUT2D eigenvalue weighted by Gasteiger charge is 2.11. The summed E-state index contributed by atoms with van der Waals surface area (Å²) in [4.78, 5) is 0. The van der Waals surface area contributed by atoms with E-state index in [9.17, 15) is 12.8 Å². The minimum atomic E-state index is -3.55. The van der Waals surface area contributed by atoms with Crippen LogP contribution in [0.25, 0.3) is 0 Å². The van der Waals surface area contributed by atoms with Gasteiger partial charge in [0, 0.05) is 11.0 Å². The number of anilines is 1. The summed E-state index contributed by atoms with van der Waals surface area (Å²) in [6, 6.07) is 4.07. The number of benzene rings is 1. The van der Waals surface area contributed by atoms with Gasteiger partial charge in [-0.2, -0.15) is 0 Å². The smallest absolute Gasteiger partial charge is 0.234 e. The molecule has 84 valence electrons. The van der Waals surface area contributed by atoms with Crippen molar-refractivity contribution in [3.8, 4) is 0 Å². The summed E-state index contributed by atoms with van der Waals surface area (Å²) in [5.41, 5.74) is 5.03. The van der Waals surface area contributed by atoms with Crippen molar-refractivity contribution >= 4 is 31.6 Å². The molecule has 0 amide bonds. The number of nitrogens with two attached hydrogens (primary N) is 1. The fourth-order valence-electron chi connectivity index (χ4n) is 0.946. The molecule has 4 nitrogen and oxygen atoms in total. The molecule has 0 aliphatic heterocycles. The molecule has 0 aliphatic rings. The molecule has 0 bridgehead atoms. The van der Waals surface area contributed by atoms with Crippen molar-refractivity contribution < 1.29 is 12.8 Å². The summed E-state index contributed by atoms with van der Waals surface area (Å²) in [7, 11) is -3.55. The largest absolute Gasteiger partial charge is 0.329 e. The lowest BCUT2D eigenvalue weighted by atomic mass is 10.3. The summed E-state index contributed by atoms with van der Waals surface area (Å²) in [6.07, 6.45) is 0. The molecular weight excluding hydrogens is 287 g/mol. The van der Waals surface area contributed by atoms with E-state index >= 15 is 0 Å². The first-order valence-corrected chi connectivity index (χ1v) is 6.55. The van der Waals surface area contributed by atoms with Gasteiger partial charge in [-0.15, -0.1) is 0 Å². The normalized spacial score (nSPS) is 11.4. The van der Waals surface area contributed by atoms with Crippen molar-refractivity contribution in [2.75, 3.05) is 17.0 Å². The van der Waals surface area contributed by atoms with E-state index in [0.717, 1.165) is 0 Å². The molecule has 0 fully saturated rings. The lowest BCUT2D eigenvalue weighted by Gasteiger charge is -2.07. The number of sulfonamides is 1. The summed E-state index contributed by atoms with van der Waals surface area (Å²) < 4.78 is 38.4. The molecule has 0 saturated heterocycles. The van der Waals surface area contributed by atoms with Gasteiger partial charge in [0.25, 0.3) is 0 Å². The van der Waals surface area contributed by atoms with Gasteiger partial charge in [0.1, 0.15) is 5.82 Å². The van der Waals surface area contributed by atoms with E-state index in [1.165, 1.54) is 12.1 Å². The predicted octanol–water partition coefficient (Wildman–Crippen LogP) is 1.29. The minimum absolute atomic E-state index is 0.00647. The zero-order valence-electron chi connectivity index (χ0n) is 7.70. The Morgan fingerprint density at radius 3 is 2.67 bits per heavy atom. The van der Waals surface area contributed by atoms with Crippen LogP contribution in [0, 0.1) is 5.82 Å². The van der Waals surface area contributed by atoms with Crippen LogP contribution in [-0.2, 0) is 10.0 Å². The molecule has 0 spiro atoms. The quantitative estimate of drug-likeness (QED) is 0.879. The van der Waals surface area contributed by atoms with Gasteiger partial charge in [0.05, 0.1) is 11.4 Å². The van der Waals surface area contributed by atoms with Crippen molar-refractivity contribution in [3.05, 3.63) is 28.5 Å². The highest BCUT2D eigenvalue weighted by molar-refractivity contribution is 9.10. The second kappa shape index (κ2) is 4.91. The van der Waals surface area contributed by atoms with Gasteiger partial charge in [-0.05, 0) is 18.2 Å². The molecule has 0 atom stereocenters. The van der Waals surface area contributed by atoms with E-state index in [0.29, 0.717) is 4.47 Å². The molecule has 3 N–H and O–H groups in total. The van der Waals surface area contributed by atoms with Gasteiger partial charge < -0.3 is 5.73 Å². The lowest BCUT2D eigenvalue weighted by molar-refractivity contribution is 0.598. The Morgan fingerprint density at radius 1 is 1.47 bits per heavy atom. The van der Waals surface area contributed by atoms with Crippen molar-refractivity contribution in [1.82, 2.24) is 0 Å². The van der Waals surface area contributed by atoms with Crippen LogP contribution in [0.1, 0.15) is 0 Å². The van der Waals surface area contributed by atoms with Crippen LogP contribution in [0.5, 0.6) is 0 Å². The predicted molar refractivity (Wildman–Crippen MR) is 60.6 cm³/mol. The van der Waals surface area contributed by atoms with E-state index in [2.05, 4.69) is 20.7 Å². The summed E-state index contributed by atoms with van der Waals surface area (Å²) in [6.45, 7) is -0.00647. The van der Waals surface area contributed by atoms with Crippen LogP contribution in [0.4, 0.5) is 10.1 Å². The maximum atomic E-state index is 13.2. The summed E-state index contributed by atoms with van der Waals surface area (Å²) in [5, 5.41) is 0. The van der Waals surface area contributed by atoms with Crippen molar-refractivity contribution in [3.63, 3.8) is 0 Å². The van der Waals surface area contributed by atoms with Gasteiger partial charge in [0.2, 0.25) is 10.0 Å². The van der Waals surface area contributed by atoms with E-state index in [1.54, 1.807) is 6.07 Å². The third-order valence-electron chi connectivity index (χ3n) is 1.58.